The number of rotatable bonds is 11. The number of pyridine rings is 1. The maximum Gasteiger partial charge on any atom is 0.573 e. The number of nitrogens with one attached hydrogen (secondary N) is 2. The fourth-order valence-corrected chi connectivity index (χ4v) is 4.53. The minimum atomic E-state index is -4.85. The molecule has 12 nitrogen and oxygen atoms in total. The van der Waals surface area contributed by atoms with Crippen molar-refractivity contribution in [3.63, 3.8) is 0 Å². The Labute approximate surface area is 260 Å². The number of anilines is 2. The van der Waals surface area contributed by atoms with Crippen LogP contribution in [0, 0.1) is 5.41 Å². The van der Waals surface area contributed by atoms with Crippen molar-refractivity contribution < 1.29 is 36.2 Å². The van der Waals surface area contributed by atoms with Crippen LogP contribution in [0.4, 0.5) is 24.7 Å². The number of benzene rings is 2. The summed E-state index contributed by atoms with van der Waals surface area (Å²) in [7, 11) is 0. The first kappa shape index (κ1) is 33.2. The van der Waals surface area contributed by atoms with Gasteiger partial charge in [-0.15, -0.1) is 13.2 Å². The predicted octanol–water partition coefficient (Wildman–Crippen LogP) is 4.82. The highest BCUT2D eigenvalue weighted by atomic mass is 35.5. The van der Waals surface area contributed by atoms with Gasteiger partial charge in [-0.25, -0.2) is 14.0 Å². The van der Waals surface area contributed by atoms with Crippen LogP contribution in [0.1, 0.15) is 19.4 Å². The van der Waals surface area contributed by atoms with E-state index in [1.807, 2.05) is 4.72 Å². The minimum absolute atomic E-state index is 0.00676. The number of carbonyl (C=O) groups is 1. The van der Waals surface area contributed by atoms with Gasteiger partial charge in [-0.05, 0) is 61.9 Å². The zero-order valence-corrected chi connectivity index (χ0v) is 25.1. The molecule has 238 valence electrons. The lowest BCUT2D eigenvalue weighted by molar-refractivity contribution is -0.274. The molecule has 0 spiro atoms. The van der Waals surface area contributed by atoms with Crippen LogP contribution < -0.4 is 30.8 Å². The first-order chi connectivity index (χ1) is 21.1. The Morgan fingerprint density at radius 1 is 1.00 bits per heavy atom. The van der Waals surface area contributed by atoms with Gasteiger partial charge in [0.05, 0.1) is 18.2 Å². The number of amides is 1. The number of aromatic nitrogens is 3. The molecular formula is C28H25ClF3N5O7S. The van der Waals surface area contributed by atoms with Gasteiger partial charge in [0.25, 0.3) is 16.8 Å². The molecule has 17 heteroatoms. The van der Waals surface area contributed by atoms with Crippen LogP contribution in [0.15, 0.2) is 82.5 Å². The van der Waals surface area contributed by atoms with Crippen LogP contribution in [0.5, 0.6) is 17.4 Å². The summed E-state index contributed by atoms with van der Waals surface area (Å²) in [5.74, 6) is -0.938. The molecule has 0 aliphatic rings. The largest absolute Gasteiger partial charge is 0.573 e. The standard InChI is InChI=1S/C28H25ClF3N5O7S/c1-27(2,25(39)35-45(41)42)16-37-24(38)13-22(36(26(37)40)15-17-3-5-18(29)6-4-17)34-19-7-9-20(10-8-19)43-23-12-11-21(14-33-23)44-28(30,31)32/h3-14,34H,15-16H2,1-2H3,(H,35,39)(H,41,42). The van der Waals surface area contributed by atoms with Gasteiger partial charge in [0.2, 0.25) is 11.8 Å². The highest BCUT2D eigenvalue weighted by Gasteiger charge is 2.32. The van der Waals surface area contributed by atoms with Gasteiger partial charge in [0.1, 0.15) is 17.3 Å². The number of nitrogens with zero attached hydrogens (tertiary/aromatic N) is 3. The number of alkyl halides is 3. The van der Waals surface area contributed by atoms with Gasteiger partial charge < -0.3 is 14.8 Å². The third-order valence-electron chi connectivity index (χ3n) is 6.17. The molecule has 0 saturated carbocycles. The van der Waals surface area contributed by atoms with Crippen molar-refractivity contribution in [3.8, 4) is 17.4 Å². The van der Waals surface area contributed by atoms with Crippen molar-refractivity contribution in [1.82, 2.24) is 18.8 Å². The van der Waals surface area contributed by atoms with Crippen LogP contribution in [0.2, 0.25) is 5.02 Å². The Morgan fingerprint density at radius 3 is 2.22 bits per heavy atom. The molecule has 1 atom stereocenters. The number of hydrogen-bond acceptors (Lipinski definition) is 8. The molecule has 0 aliphatic carbocycles. The minimum Gasteiger partial charge on any atom is -0.439 e. The topological polar surface area (TPSA) is 154 Å². The highest BCUT2D eigenvalue weighted by Crippen LogP contribution is 2.27. The SMILES string of the molecule is CC(C)(Cn1c(=O)cc(Nc2ccc(Oc3ccc(OC(F)(F)F)cn3)cc2)n(Cc2ccc(Cl)cc2)c1=O)C(=O)NS(=O)O. The molecule has 4 aromatic rings. The van der Waals surface area contributed by atoms with E-state index < -0.39 is 52.5 Å². The first-order valence-electron chi connectivity index (χ1n) is 12.9. The Hall–Kier alpha value is -4.67. The third-order valence-corrected chi connectivity index (χ3v) is 6.78. The summed E-state index contributed by atoms with van der Waals surface area (Å²) < 4.78 is 70.6. The number of ether oxygens (including phenoxy) is 2. The molecule has 45 heavy (non-hydrogen) atoms. The van der Waals surface area contributed by atoms with Crippen LogP contribution >= 0.6 is 11.6 Å². The van der Waals surface area contributed by atoms with Gasteiger partial charge in [0, 0.05) is 29.4 Å². The van der Waals surface area contributed by atoms with Crippen LogP contribution in [0.25, 0.3) is 0 Å². The quantitative estimate of drug-likeness (QED) is 0.191. The number of hydrogen-bond donors (Lipinski definition) is 3. The molecule has 2 aromatic carbocycles. The molecule has 0 bridgehead atoms. The molecule has 0 saturated heterocycles. The van der Waals surface area contributed by atoms with E-state index in [9.17, 15) is 31.8 Å². The smallest absolute Gasteiger partial charge is 0.439 e. The lowest BCUT2D eigenvalue weighted by Gasteiger charge is -2.24. The summed E-state index contributed by atoms with van der Waals surface area (Å²) in [5, 5.41) is 3.50. The monoisotopic (exact) mass is 667 g/mol. The summed E-state index contributed by atoms with van der Waals surface area (Å²) in [6.07, 6.45) is -3.99. The van der Waals surface area contributed by atoms with Crippen molar-refractivity contribution in [3.05, 3.63) is 104 Å². The van der Waals surface area contributed by atoms with E-state index in [2.05, 4.69) is 15.0 Å². The van der Waals surface area contributed by atoms with Gasteiger partial charge in [-0.1, -0.05) is 23.7 Å². The average Bonchev–Trinajstić information content (AvgIpc) is 2.95. The molecule has 1 amide bonds. The maximum atomic E-state index is 13.7. The molecule has 2 heterocycles. The number of halogens is 4. The van der Waals surface area contributed by atoms with E-state index in [4.69, 9.17) is 20.9 Å². The van der Waals surface area contributed by atoms with E-state index >= 15 is 0 Å². The first-order valence-corrected chi connectivity index (χ1v) is 14.4. The fraction of sp³-hybridized carbons (Fsp3) is 0.214. The zero-order valence-electron chi connectivity index (χ0n) is 23.5. The fourth-order valence-electron chi connectivity index (χ4n) is 3.97. The van der Waals surface area contributed by atoms with Gasteiger partial charge in [-0.3, -0.25) is 28.0 Å². The Morgan fingerprint density at radius 2 is 1.64 bits per heavy atom. The summed E-state index contributed by atoms with van der Waals surface area (Å²) in [6, 6.07) is 16.3. The predicted molar refractivity (Wildman–Crippen MR) is 159 cm³/mol. The van der Waals surface area contributed by atoms with Crippen molar-refractivity contribution in [1.29, 1.82) is 0 Å². The van der Waals surface area contributed by atoms with Gasteiger partial charge in [0.15, 0.2) is 0 Å². The summed E-state index contributed by atoms with van der Waals surface area (Å²) in [5.41, 5.74) is -1.79. The summed E-state index contributed by atoms with van der Waals surface area (Å²) >= 11 is 3.36. The molecule has 0 fully saturated rings. The Kier molecular flexibility index (Phi) is 10.00. The molecule has 0 radical (unpaired) electrons. The zero-order chi connectivity index (χ0) is 32.9. The van der Waals surface area contributed by atoms with Gasteiger partial charge >= 0.3 is 12.1 Å². The molecule has 0 aliphatic heterocycles. The maximum absolute atomic E-state index is 13.7. The van der Waals surface area contributed by atoms with Crippen molar-refractivity contribution in [2.45, 2.75) is 33.3 Å². The van der Waals surface area contributed by atoms with E-state index in [-0.39, 0.29) is 24.0 Å². The van der Waals surface area contributed by atoms with E-state index in [0.29, 0.717) is 16.3 Å². The lowest BCUT2D eigenvalue weighted by Crippen LogP contribution is -2.47. The van der Waals surface area contributed by atoms with E-state index in [1.165, 1.54) is 42.7 Å². The average molecular weight is 668 g/mol. The van der Waals surface area contributed by atoms with Crippen LogP contribution in [-0.2, 0) is 29.2 Å². The second kappa shape index (κ2) is 13.5. The van der Waals surface area contributed by atoms with Crippen molar-refractivity contribution in [2.24, 2.45) is 5.41 Å². The van der Waals surface area contributed by atoms with E-state index in [1.54, 1.807) is 36.4 Å². The van der Waals surface area contributed by atoms with Crippen LogP contribution in [-0.4, -0.2) is 35.1 Å². The summed E-state index contributed by atoms with van der Waals surface area (Å²) in [4.78, 5) is 43.0. The lowest BCUT2D eigenvalue weighted by atomic mass is 9.92. The van der Waals surface area contributed by atoms with Crippen LogP contribution in [0.3, 0.4) is 0 Å². The van der Waals surface area contributed by atoms with Crippen molar-refractivity contribution in [2.75, 3.05) is 5.32 Å². The highest BCUT2D eigenvalue weighted by molar-refractivity contribution is 7.77. The van der Waals surface area contributed by atoms with Gasteiger partial charge in [-0.2, -0.15) is 0 Å². The second-order valence-electron chi connectivity index (χ2n) is 10.1. The van der Waals surface area contributed by atoms with Crippen molar-refractivity contribution >= 4 is 40.3 Å². The molecule has 3 N–H and O–H groups in total. The molecular weight excluding hydrogens is 643 g/mol. The third kappa shape index (κ3) is 9.17. The molecule has 2 aromatic heterocycles. The number of carbonyl (C=O) groups excluding carboxylic acids is 1. The van der Waals surface area contributed by atoms with E-state index in [0.717, 1.165) is 16.8 Å². The second-order valence-corrected chi connectivity index (χ2v) is 11.3. The Balaban J connectivity index is 1.61. The summed E-state index contributed by atoms with van der Waals surface area (Å²) in [6.45, 7) is 2.45. The Bertz CT molecular complexity index is 1810. The molecule has 1 unspecified atom stereocenters. The normalized spacial score (nSPS) is 12.3. The molecule has 4 rings (SSSR count).